The average Bonchev–Trinajstić information content (AvgIpc) is 3.46. The van der Waals surface area contributed by atoms with Crippen molar-refractivity contribution in [1.29, 1.82) is 0 Å². The molecule has 3 N–H and O–H groups in total. The molecule has 3 amide bonds. The predicted octanol–water partition coefficient (Wildman–Crippen LogP) is 4.16. The number of anilines is 3. The van der Waals surface area contributed by atoms with Crippen LogP contribution in [0.15, 0.2) is 48.5 Å². The van der Waals surface area contributed by atoms with Gasteiger partial charge in [0, 0.05) is 29.3 Å². The van der Waals surface area contributed by atoms with E-state index in [1.807, 2.05) is 51.1 Å². The topological polar surface area (TPSA) is 136 Å². The fourth-order valence-corrected chi connectivity index (χ4v) is 5.36. The second-order valence-electron chi connectivity index (χ2n) is 11.5. The third-order valence-electron chi connectivity index (χ3n) is 7.62. The number of rotatable bonds is 6. The summed E-state index contributed by atoms with van der Waals surface area (Å²) in [5, 5.41) is 19.6. The molecule has 210 valence electrons. The molecule has 40 heavy (non-hydrogen) atoms. The fraction of sp³-hybridized carbons (Fsp3) is 0.448. The molecule has 0 bridgehead atoms. The molecule has 1 fully saturated rings. The van der Waals surface area contributed by atoms with Gasteiger partial charge in [-0.05, 0) is 47.5 Å². The van der Waals surface area contributed by atoms with Gasteiger partial charge in [0.05, 0.1) is 17.9 Å². The Morgan fingerprint density at radius 2 is 1.77 bits per heavy atom. The maximum absolute atomic E-state index is 14.1. The Labute approximate surface area is 233 Å². The van der Waals surface area contributed by atoms with Crippen molar-refractivity contribution in [3.63, 3.8) is 0 Å². The van der Waals surface area contributed by atoms with Gasteiger partial charge in [0.1, 0.15) is 6.04 Å². The molecule has 2 heterocycles. The lowest BCUT2D eigenvalue weighted by Crippen LogP contribution is -2.55. The molecule has 1 aliphatic carbocycles. The predicted molar refractivity (Wildman–Crippen MR) is 153 cm³/mol. The Morgan fingerprint density at radius 3 is 2.48 bits per heavy atom. The molecule has 11 nitrogen and oxygen atoms in total. The third kappa shape index (κ3) is 5.98. The van der Waals surface area contributed by atoms with Crippen LogP contribution < -0.4 is 20.4 Å². The number of ketones is 1. The van der Waals surface area contributed by atoms with Crippen molar-refractivity contribution in [2.45, 2.75) is 65.0 Å². The second kappa shape index (κ2) is 11.4. The SMILES string of the molecule is CC(C)(C)C(=O)CN1C(=O)C(NC(=O)Nc2cccc(-c3nnn[nH]3)c2)CN(C2CCCCC2)c2ccccc21. The number of amides is 3. The van der Waals surface area contributed by atoms with Crippen LogP contribution in [0, 0.1) is 5.41 Å². The second-order valence-corrected chi connectivity index (χ2v) is 11.5. The van der Waals surface area contributed by atoms with Crippen LogP contribution in [0.3, 0.4) is 0 Å². The maximum Gasteiger partial charge on any atom is 0.319 e. The molecular formula is C29H36N8O3. The lowest BCUT2D eigenvalue weighted by Gasteiger charge is -2.37. The smallest absolute Gasteiger partial charge is 0.319 e. The minimum atomic E-state index is -0.858. The number of urea groups is 1. The van der Waals surface area contributed by atoms with Gasteiger partial charge < -0.3 is 20.4 Å². The molecule has 1 aliphatic heterocycles. The van der Waals surface area contributed by atoms with Gasteiger partial charge in [-0.3, -0.25) is 9.59 Å². The van der Waals surface area contributed by atoms with Crippen LogP contribution in [0.5, 0.6) is 0 Å². The number of para-hydroxylation sites is 2. The molecule has 1 unspecified atom stereocenters. The number of nitrogens with one attached hydrogen (secondary N) is 3. The zero-order valence-electron chi connectivity index (χ0n) is 23.2. The first kappa shape index (κ1) is 27.3. The largest absolute Gasteiger partial charge is 0.364 e. The van der Waals surface area contributed by atoms with Crippen LogP contribution in [-0.2, 0) is 9.59 Å². The molecule has 11 heteroatoms. The lowest BCUT2D eigenvalue weighted by atomic mass is 9.90. The van der Waals surface area contributed by atoms with E-state index < -0.39 is 17.5 Å². The maximum atomic E-state index is 14.1. The highest BCUT2D eigenvalue weighted by Gasteiger charge is 2.39. The number of nitrogens with zero attached hydrogens (tertiary/aromatic N) is 5. The number of hydrogen-bond acceptors (Lipinski definition) is 7. The Morgan fingerprint density at radius 1 is 1.02 bits per heavy atom. The van der Waals surface area contributed by atoms with Gasteiger partial charge in [0.15, 0.2) is 11.6 Å². The molecule has 1 aromatic heterocycles. The number of tetrazole rings is 1. The highest BCUT2D eigenvalue weighted by molar-refractivity contribution is 6.08. The van der Waals surface area contributed by atoms with Crippen molar-refractivity contribution in [2.75, 3.05) is 28.2 Å². The molecule has 0 radical (unpaired) electrons. The van der Waals surface area contributed by atoms with Gasteiger partial charge in [0.25, 0.3) is 5.91 Å². The minimum Gasteiger partial charge on any atom is -0.364 e. The van der Waals surface area contributed by atoms with Crippen molar-refractivity contribution in [2.24, 2.45) is 5.41 Å². The Kier molecular flexibility index (Phi) is 7.81. The molecule has 5 rings (SSSR count). The standard InChI is InChI=1S/C29H36N8O3/c1-29(2,3)25(38)18-37-24-15-8-7-14-23(24)36(21-12-5-4-6-13-21)17-22(27(37)39)31-28(40)30-20-11-9-10-19(16-20)26-32-34-35-33-26/h7-11,14-16,21-22H,4-6,12-13,17-18H2,1-3H3,(H2,30,31,40)(H,32,33,34,35). The van der Waals surface area contributed by atoms with Crippen LogP contribution in [0.2, 0.25) is 0 Å². The van der Waals surface area contributed by atoms with E-state index in [0.29, 0.717) is 29.3 Å². The fourth-order valence-electron chi connectivity index (χ4n) is 5.36. The van der Waals surface area contributed by atoms with Crippen molar-refractivity contribution in [3.05, 3.63) is 48.5 Å². The van der Waals surface area contributed by atoms with Gasteiger partial charge in [-0.25, -0.2) is 9.89 Å². The number of aromatic nitrogens is 4. The summed E-state index contributed by atoms with van der Waals surface area (Å²) in [6.07, 6.45) is 5.49. The minimum absolute atomic E-state index is 0.0521. The van der Waals surface area contributed by atoms with E-state index in [9.17, 15) is 14.4 Å². The van der Waals surface area contributed by atoms with Crippen molar-refractivity contribution >= 4 is 34.8 Å². The summed E-state index contributed by atoms with van der Waals surface area (Å²) in [5.74, 6) is 0.117. The average molecular weight is 545 g/mol. The normalized spacial score (nSPS) is 18.2. The van der Waals surface area contributed by atoms with Crippen LogP contribution in [0.4, 0.5) is 21.9 Å². The molecule has 1 atom stereocenters. The van der Waals surface area contributed by atoms with Crippen molar-refractivity contribution < 1.29 is 14.4 Å². The molecule has 0 spiro atoms. The summed E-state index contributed by atoms with van der Waals surface area (Å²) in [7, 11) is 0. The number of Topliss-reactive ketones (excluding diaryl/α,β-unsaturated/α-hetero) is 1. The first-order valence-corrected chi connectivity index (χ1v) is 13.8. The van der Waals surface area contributed by atoms with Crippen LogP contribution in [-0.4, -0.2) is 63.5 Å². The monoisotopic (exact) mass is 544 g/mol. The van der Waals surface area contributed by atoms with Gasteiger partial charge in [-0.2, -0.15) is 0 Å². The van der Waals surface area contributed by atoms with Crippen LogP contribution >= 0.6 is 0 Å². The molecule has 0 saturated heterocycles. The van der Waals surface area contributed by atoms with Gasteiger partial charge >= 0.3 is 6.03 Å². The van der Waals surface area contributed by atoms with E-state index in [-0.39, 0.29) is 24.3 Å². The molecule has 2 aromatic carbocycles. The highest BCUT2D eigenvalue weighted by atomic mass is 16.2. The number of hydrogen-bond donors (Lipinski definition) is 3. The van der Waals surface area contributed by atoms with E-state index in [1.165, 1.54) is 6.42 Å². The van der Waals surface area contributed by atoms with E-state index in [4.69, 9.17) is 0 Å². The van der Waals surface area contributed by atoms with E-state index in [1.54, 1.807) is 23.1 Å². The Bertz CT molecular complexity index is 1360. The summed E-state index contributed by atoms with van der Waals surface area (Å²) in [6.45, 7) is 5.81. The van der Waals surface area contributed by atoms with Crippen LogP contribution in [0.1, 0.15) is 52.9 Å². The van der Waals surface area contributed by atoms with Gasteiger partial charge in [0.2, 0.25) is 0 Å². The summed E-state index contributed by atoms with van der Waals surface area (Å²) in [4.78, 5) is 44.3. The van der Waals surface area contributed by atoms with Gasteiger partial charge in [-0.15, -0.1) is 5.10 Å². The number of fused-ring (bicyclic) bond motifs is 1. The molecule has 2 aliphatic rings. The molecular weight excluding hydrogens is 508 g/mol. The Hall–Kier alpha value is -4.28. The number of carbonyl (C=O) groups is 3. The zero-order chi connectivity index (χ0) is 28.3. The zero-order valence-corrected chi connectivity index (χ0v) is 23.2. The third-order valence-corrected chi connectivity index (χ3v) is 7.62. The van der Waals surface area contributed by atoms with E-state index in [0.717, 1.165) is 31.4 Å². The molecule has 3 aromatic rings. The van der Waals surface area contributed by atoms with Crippen molar-refractivity contribution in [1.82, 2.24) is 25.9 Å². The van der Waals surface area contributed by atoms with Crippen LogP contribution in [0.25, 0.3) is 11.4 Å². The highest BCUT2D eigenvalue weighted by Crippen LogP contribution is 2.37. The Balaban J connectivity index is 1.43. The number of carbonyl (C=O) groups excluding carboxylic acids is 3. The summed E-state index contributed by atoms with van der Waals surface area (Å²) < 4.78 is 0. The van der Waals surface area contributed by atoms with Gasteiger partial charge in [-0.1, -0.05) is 64.3 Å². The van der Waals surface area contributed by atoms with Crippen molar-refractivity contribution in [3.8, 4) is 11.4 Å². The van der Waals surface area contributed by atoms with E-state index >= 15 is 0 Å². The number of aromatic amines is 1. The first-order valence-electron chi connectivity index (χ1n) is 13.8. The number of H-pyrrole nitrogens is 1. The quantitative estimate of drug-likeness (QED) is 0.424. The first-order chi connectivity index (χ1) is 19.2. The summed E-state index contributed by atoms with van der Waals surface area (Å²) in [6, 6.07) is 13.7. The van der Waals surface area contributed by atoms with E-state index in [2.05, 4.69) is 36.2 Å². The lowest BCUT2D eigenvalue weighted by molar-refractivity contribution is -0.127. The molecule has 1 saturated carbocycles. The summed E-state index contributed by atoms with van der Waals surface area (Å²) in [5.41, 5.74) is 2.24. The summed E-state index contributed by atoms with van der Waals surface area (Å²) >= 11 is 0. The number of benzene rings is 2.